The van der Waals surface area contributed by atoms with Crippen molar-refractivity contribution >= 4 is 56.3 Å². The van der Waals surface area contributed by atoms with E-state index in [1.54, 1.807) is 18.3 Å². The number of hydrogen-bond donors (Lipinski definition) is 1. The molecule has 0 spiro atoms. The Morgan fingerprint density at radius 3 is 2.71 bits per heavy atom. The van der Waals surface area contributed by atoms with Gasteiger partial charge in [0, 0.05) is 24.1 Å². The number of alkyl halides is 3. The normalized spacial score (nSPS) is 11.4. The summed E-state index contributed by atoms with van der Waals surface area (Å²) in [7, 11) is 0. The lowest BCUT2D eigenvalue weighted by Gasteiger charge is -2.18. The van der Waals surface area contributed by atoms with Gasteiger partial charge in [-0.1, -0.05) is 11.6 Å². The number of benzene rings is 2. The Balaban J connectivity index is 2.14. The summed E-state index contributed by atoms with van der Waals surface area (Å²) in [5.41, 5.74) is 0.968. The van der Waals surface area contributed by atoms with Gasteiger partial charge < -0.3 is 14.8 Å². The number of ether oxygens (including phenoxy) is 2. The molecule has 10 heteroatoms. The molecule has 0 fully saturated rings. The van der Waals surface area contributed by atoms with E-state index < -0.39 is 11.7 Å². The van der Waals surface area contributed by atoms with E-state index >= 15 is 0 Å². The van der Waals surface area contributed by atoms with Gasteiger partial charge in [0.2, 0.25) is 0 Å². The summed E-state index contributed by atoms with van der Waals surface area (Å²) in [6.07, 6.45) is -2.65. The van der Waals surface area contributed by atoms with Crippen molar-refractivity contribution in [3.63, 3.8) is 0 Å². The lowest BCUT2D eigenvalue weighted by atomic mass is 10.1. The zero-order valence-electron chi connectivity index (χ0n) is 16.2. The third kappa shape index (κ3) is 5.40. The molecule has 0 radical (unpaired) electrons. The van der Waals surface area contributed by atoms with Crippen molar-refractivity contribution in [3.8, 4) is 5.75 Å². The minimum Gasteiger partial charge on any atom is -0.493 e. The van der Waals surface area contributed by atoms with Gasteiger partial charge in [-0.2, -0.15) is 13.2 Å². The summed E-state index contributed by atoms with van der Waals surface area (Å²) < 4.78 is 50.6. The van der Waals surface area contributed by atoms with E-state index in [4.69, 9.17) is 21.1 Å². The molecule has 0 saturated carbocycles. The quantitative estimate of drug-likeness (QED) is 0.272. The number of carbonyl (C=O) groups is 1. The average molecular weight is 518 g/mol. The van der Waals surface area contributed by atoms with Gasteiger partial charge in [0.1, 0.15) is 5.75 Å². The first-order valence-electron chi connectivity index (χ1n) is 9.17. The van der Waals surface area contributed by atoms with E-state index in [-0.39, 0.29) is 17.3 Å². The molecule has 1 aromatic heterocycles. The van der Waals surface area contributed by atoms with E-state index in [1.807, 2.05) is 6.92 Å². The molecule has 0 atom stereocenters. The van der Waals surface area contributed by atoms with E-state index in [0.29, 0.717) is 51.9 Å². The van der Waals surface area contributed by atoms with Crippen LogP contribution in [0.15, 0.2) is 41.0 Å². The molecule has 0 aliphatic heterocycles. The highest BCUT2D eigenvalue weighted by molar-refractivity contribution is 9.10. The molecule has 3 aromatic rings. The highest BCUT2D eigenvalue weighted by Gasteiger charge is 2.31. The molecule has 0 aliphatic rings. The number of aromatic nitrogens is 1. The van der Waals surface area contributed by atoms with Gasteiger partial charge in [0.05, 0.1) is 45.2 Å². The predicted octanol–water partition coefficient (Wildman–Crippen LogP) is 6.53. The van der Waals surface area contributed by atoms with Gasteiger partial charge in [-0.25, -0.2) is 0 Å². The molecule has 164 valence electrons. The Labute approximate surface area is 189 Å². The highest BCUT2D eigenvalue weighted by atomic mass is 79.9. The molecule has 0 saturated heterocycles. The summed E-state index contributed by atoms with van der Waals surface area (Å²) in [5, 5.41) is 3.78. The summed E-state index contributed by atoms with van der Waals surface area (Å²) >= 11 is 9.63. The molecule has 0 bridgehead atoms. The molecule has 3 rings (SSSR count). The monoisotopic (exact) mass is 516 g/mol. The van der Waals surface area contributed by atoms with Crippen LogP contribution in [0.1, 0.15) is 18.1 Å². The number of rotatable bonds is 8. The van der Waals surface area contributed by atoms with Crippen LogP contribution < -0.4 is 10.1 Å². The topological polar surface area (TPSA) is 60.5 Å². The Hall–Kier alpha value is -2.52. The van der Waals surface area contributed by atoms with Crippen molar-refractivity contribution < 1.29 is 27.4 Å². The number of fused-ring (bicyclic) bond motifs is 1. The average Bonchev–Trinajstić information content (AvgIpc) is 2.71. The summed E-state index contributed by atoms with van der Waals surface area (Å²) in [4.78, 5) is 14.9. The third-order valence-corrected chi connectivity index (χ3v) is 5.36. The number of halogens is 5. The molecule has 0 unspecified atom stereocenters. The largest absolute Gasteiger partial charge is 0.493 e. The van der Waals surface area contributed by atoms with E-state index in [1.165, 1.54) is 6.07 Å². The second kappa shape index (κ2) is 9.74. The molecular formula is C21H17BrClF3N2O3. The fourth-order valence-electron chi connectivity index (χ4n) is 2.99. The first-order valence-corrected chi connectivity index (χ1v) is 10.3. The maximum atomic E-state index is 13.2. The van der Waals surface area contributed by atoms with Crippen LogP contribution >= 0.6 is 27.5 Å². The SMILES string of the molecule is CCOc1cc2ncc(CCOC=O)c(Nc3cc(C(F)(F)F)ccc3Cl)c2cc1Br. The van der Waals surface area contributed by atoms with Crippen LogP contribution in [0.4, 0.5) is 24.5 Å². The predicted molar refractivity (Wildman–Crippen MR) is 116 cm³/mol. The molecule has 2 aromatic carbocycles. The fourth-order valence-corrected chi connectivity index (χ4v) is 3.61. The van der Waals surface area contributed by atoms with Gasteiger partial charge >= 0.3 is 6.18 Å². The van der Waals surface area contributed by atoms with Gasteiger partial charge in [-0.15, -0.1) is 0 Å². The van der Waals surface area contributed by atoms with Gasteiger partial charge in [-0.05, 0) is 52.7 Å². The smallest absolute Gasteiger partial charge is 0.416 e. The number of anilines is 2. The van der Waals surface area contributed by atoms with Gasteiger partial charge in [-0.3, -0.25) is 9.78 Å². The van der Waals surface area contributed by atoms with Gasteiger partial charge in [0.25, 0.3) is 6.47 Å². The maximum Gasteiger partial charge on any atom is 0.416 e. The van der Waals surface area contributed by atoms with Crippen molar-refractivity contribution in [1.29, 1.82) is 0 Å². The van der Waals surface area contributed by atoms with Crippen molar-refractivity contribution in [2.45, 2.75) is 19.5 Å². The zero-order valence-corrected chi connectivity index (χ0v) is 18.6. The second-order valence-electron chi connectivity index (χ2n) is 6.43. The first-order chi connectivity index (χ1) is 14.7. The van der Waals surface area contributed by atoms with Gasteiger partial charge in [0.15, 0.2) is 0 Å². The minimum absolute atomic E-state index is 0.0832. The Kier molecular flexibility index (Phi) is 7.27. The standard InChI is InChI=1S/C21H17BrClF3N2O3/c1-2-31-19-9-17-14(8-15(19)22)20(12(10-27-17)5-6-30-11-29)28-18-7-13(21(24,25)26)3-4-16(18)23/h3-4,7-11H,2,5-6H2,1H3,(H,27,28). The molecular weight excluding hydrogens is 501 g/mol. The molecule has 0 aliphatic carbocycles. The molecule has 0 amide bonds. The summed E-state index contributed by atoms with van der Waals surface area (Å²) in [6, 6.07) is 6.55. The van der Waals surface area contributed by atoms with Crippen molar-refractivity contribution in [2.24, 2.45) is 0 Å². The molecule has 1 N–H and O–H groups in total. The summed E-state index contributed by atoms with van der Waals surface area (Å²) in [5.74, 6) is 0.586. The second-order valence-corrected chi connectivity index (χ2v) is 7.69. The van der Waals surface area contributed by atoms with Crippen molar-refractivity contribution in [3.05, 3.63) is 57.2 Å². The van der Waals surface area contributed by atoms with Crippen LogP contribution in [0.2, 0.25) is 5.02 Å². The van der Waals surface area contributed by atoms with E-state index in [0.717, 1.165) is 12.1 Å². The Bertz CT molecular complexity index is 1110. The number of nitrogens with zero attached hydrogens (tertiary/aromatic N) is 1. The third-order valence-electron chi connectivity index (χ3n) is 4.41. The molecule has 31 heavy (non-hydrogen) atoms. The first kappa shape index (κ1) is 23.1. The summed E-state index contributed by atoms with van der Waals surface area (Å²) in [6.45, 7) is 2.72. The number of pyridine rings is 1. The molecule has 5 nitrogen and oxygen atoms in total. The minimum atomic E-state index is -4.52. The van der Waals surface area contributed by atoms with Crippen LogP contribution in [0.5, 0.6) is 5.75 Å². The van der Waals surface area contributed by atoms with Crippen LogP contribution in [0.3, 0.4) is 0 Å². The van der Waals surface area contributed by atoms with E-state index in [9.17, 15) is 18.0 Å². The van der Waals surface area contributed by atoms with Crippen LogP contribution in [-0.4, -0.2) is 24.7 Å². The number of hydrogen-bond acceptors (Lipinski definition) is 5. The maximum absolute atomic E-state index is 13.2. The lowest BCUT2D eigenvalue weighted by molar-refractivity contribution is -0.137. The van der Waals surface area contributed by atoms with Crippen molar-refractivity contribution in [2.75, 3.05) is 18.5 Å². The van der Waals surface area contributed by atoms with Crippen molar-refractivity contribution in [1.82, 2.24) is 4.98 Å². The van der Waals surface area contributed by atoms with Crippen LogP contribution in [0.25, 0.3) is 10.9 Å². The van der Waals surface area contributed by atoms with E-state index in [2.05, 4.69) is 26.2 Å². The zero-order chi connectivity index (χ0) is 22.6. The number of nitrogens with one attached hydrogen (secondary N) is 1. The number of carbonyl (C=O) groups excluding carboxylic acids is 1. The van der Waals surface area contributed by atoms with Crippen LogP contribution in [0, 0.1) is 0 Å². The van der Waals surface area contributed by atoms with Crippen LogP contribution in [-0.2, 0) is 22.1 Å². The highest BCUT2D eigenvalue weighted by Crippen LogP contribution is 2.39. The fraction of sp³-hybridized carbons (Fsp3) is 0.238. The Morgan fingerprint density at radius 2 is 2.03 bits per heavy atom. The molecule has 1 heterocycles. The Morgan fingerprint density at radius 1 is 1.26 bits per heavy atom. The lowest BCUT2D eigenvalue weighted by Crippen LogP contribution is -2.07.